The van der Waals surface area contributed by atoms with E-state index in [0.29, 0.717) is 11.0 Å². The molecule has 0 unspecified atom stereocenters. The highest BCUT2D eigenvalue weighted by Crippen LogP contribution is 2.30. The van der Waals surface area contributed by atoms with Gasteiger partial charge in [-0.25, -0.2) is 14.4 Å². The maximum atomic E-state index is 13.7. The second-order valence-electron chi connectivity index (χ2n) is 4.21. The number of aromatic nitrogens is 2. The first-order valence-electron chi connectivity index (χ1n) is 6.13. The van der Waals surface area contributed by atoms with Crippen molar-refractivity contribution in [2.24, 2.45) is 0 Å². The first-order valence-corrected chi connectivity index (χ1v) is 6.95. The molecular formula is C15H12FN3S. The van der Waals surface area contributed by atoms with Crippen LogP contribution in [0.3, 0.4) is 0 Å². The Labute approximate surface area is 120 Å². The zero-order chi connectivity index (χ0) is 13.9. The first-order chi connectivity index (χ1) is 9.76. The summed E-state index contributed by atoms with van der Waals surface area (Å²) in [6.07, 6.45) is 1.18. The molecule has 0 saturated heterocycles. The van der Waals surface area contributed by atoms with Crippen molar-refractivity contribution < 1.29 is 4.39 Å². The maximum absolute atomic E-state index is 13.7. The van der Waals surface area contributed by atoms with Gasteiger partial charge in [-0.2, -0.15) is 0 Å². The number of halogens is 1. The van der Waals surface area contributed by atoms with Gasteiger partial charge in [0.15, 0.2) is 5.82 Å². The third-order valence-electron chi connectivity index (χ3n) is 2.87. The predicted molar refractivity (Wildman–Crippen MR) is 79.6 cm³/mol. The van der Waals surface area contributed by atoms with Gasteiger partial charge in [0.2, 0.25) is 5.95 Å². The standard InChI is InChI=1S/C15H12FN3S/c1-17-15-18-9-13(16)14(19-15)20-12-7-6-10-4-2-3-5-11(10)8-12/h2-9H,1H3,(H,17,18,19). The van der Waals surface area contributed by atoms with E-state index in [1.807, 2.05) is 42.5 Å². The number of nitrogens with one attached hydrogen (secondary N) is 1. The van der Waals surface area contributed by atoms with Gasteiger partial charge in [-0.15, -0.1) is 0 Å². The van der Waals surface area contributed by atoms with Crippen LogP contribution in [0.1, 0.15) is 0 Å². The first kappa shape index (κ1) is 12.9. The highest BCUT2D eigenvalue weighted by atomic mass is 32.2. The van der Waals surface area contributed by atoms with Crippen LogP contribution in [-0.2, 0) is 0 Å². The summed E-state index contributed by atoms with van der Waals surface area (Å²) in [4.78, 5) is 8.92. The molecule has 3 rings (SSSR count). The molecule has 2 aromatic carbocycles. The second kappa shape index (κ2) is 5.46. The molecule has 0 spiro atoms. The molecule has 0 aliphatic heterocycles. The average Bonchev–Trinajstić information content (AvgIpc) is 2.49. The molecule has 0 saturated carbocycles. The molecule has 0 fully saturated rings. The molecule has 1 aromatic heterocycles. The van der Waals surface area contributed by atoms with Gasteiger partial charge >= 0.3 is 0 Å². The van der Waals surface area contributed by atoms with Gasteiger partial charge in [-0.3, -0.25) is 0 Å². The van der Waals surface area contributed by atoms with Crippen molar-refractivity contribution >= 4 is 28.5 Å². The Kier molecular flexibility index (Phi) is 3.52. The van der Waals surface area contributed by atoms with Crippen LogP contribution in [0.5, 0.6) is 0 Å². The largest absolute Gasteiger partial charge is 0.357 e. The minimum Gasteiger partial charge on any atom is -0.357 e. The van der Waals surface area contributed by atoms with E-state index in [2.05, 4.69) is 15.3 Å². The molecule has 0 aliphatic rings. The number of hydrogen-bond acceptors (Lipinski definition) is 4. The smallest absolute Gasteiger partial charge is 0.223 e. The lowest BCUT2D eigenvalue weighted by atomic mass is 10.1. The van der Waals surface area contributed by atoms with Crippen LogP contribution in [0.25, 0.3) is 10.8 Å². The van der Waals surface area contributed by atoms with Crippen molar-refractivity contribution in [2.75, 3.05) is 12.4 Å². The lowest BCUT2D eigenvalue weighted by molar-refractivity contribution is 0.580. The third-order valence-corrected chi connectivity index (χ3v) is 3.84. The highest BCUT2D eigenvalue weighted by molar-refractivity contribution is 7.99. The lowest BCUT2D eigenvalue weighted by Gasteiger charge is -2.05. The van der Waals surface area contributed by atoms with Crippen molar-refractivity contribution in [1.82, 2.24) is 9.97 Å². The highest BCUT2D eigenvalue weighted by Gasteiger charge is 2.08. The fraction of sp³-hybridized carbons (Fsp3) is 0.0667. The third kappa shape index (κ3) is 2.58. The summed E-state index contributed by atoms with van der Waals surface area (Å²) >= 11 is 1.29. The number of fused-ring (bicyclic) bond motifs is 1. The number of anilines is 1. The summed E-state index contributed by atoms with van der Waals surface area (Å²) in [7, 11) is 1.71. The molecule has 3 nitrogen and oxygen atoms in total. The summed E-state index contributed by atoms with van der Waals surface area (Å²) in [6, 6.07) is 14.1. The summed E-state index contributed by atoms with van der Waals surface area (Å²) in [5.74, 6) is -0.00292. The Balaban J connectivity index is 1.96. The number of rotatable bonds is 3. The molecule has 0 atom stereocenters. The Morgan fingerprint density at radius 3 is 2.70 bits per heavy atom. The van der Waals surface area contributed by atoms with Gasteiger partial charge in [0, 0.05) is 11.9 Å². The fourth-order valence-electron chi connectivity index (χ4n) is 1.89. The van der Waals surface area contributed by atoms with Crippen molar-refractivity contribution in [3.63, 3.8) is 0 Å². The summed E-state index contributed by atoms with van der Waals surface area (Å²) in [5.41, 5.74) is 0. The van der Waals surface area contributed by atoms with Gasteiger partial charge in [0.25, 0.3) is 0 Å². The topological polar surface area (TPSA) is 37.8 Å². The van der Waals surface area contributed by atoms with Crippen molar-refractivity contribution in [2.45, 2.75) is 9.92 Å². The van der Waals surface area contributed by atoms with Crippen LogP contribution in [0, 0.1) is 5.82 Å². The van der Waals surface area contributed by atoms with E-state index in [0.717, 1.165) is 15.7 Å². The van der Waals surface area contributed by atoms with Crippen LogP contribution < -0.4 is 5.32 Å². The monoisotopic (exact) mass is 285 g/mol. The van der Waals surface area contributed by atoms with Gasteiger partial charge in [0.1, 0.15) is 5.03 Å². The minimum atomic E-state index is -0.415. The molecule has 0 amide bonds. The Morgan fingerprint density at radius 2 is 1.90 bits per heavy atom. The number of hydrogen-bond donors (Lipinski definition) is 1. The zero-order valence-electron chi connectivity index (χ0n) is 10.8. The molecule has 20 heavy (non-hydrogen) atoms. The summed E-state index contributed by atoms with van der Waals surface area (Å²) < 4.78 is 13.7. The van der Waals surface area contributed by atoms with Crippen molar-refractivity contribution in [3.05, 3.63) is 54.5 Å². The maximum Gasteiger partial charge on any atom is 0.223 e. The normalized spacial score (nSPS) is 10.7. The van der Waals surface area contributed by atoms with Crippen LogP contribution in [-0.4, -0.2) is 17.0 Å². The Bertz CT molecular complexity index is 761. The zero-order valence-corrected chi connectivity index (χ0v) is 11.6. The predicted octanol–water partition coefficient (Wildman–Crippen LogP) is 3.96. The van der Waals surface area contributed by atoms with E-state index in [1.165, 1.54) is 18.0 Å². The van der Waals surface area contributed by atoms with Gasteiger partial charge in [-0.05, 0) is 22.9 Å². The van der Waals surface area contributed by atoms with Gasteiger partial charge in [-0.1, -0.05) is 42.1 Å². The van der Waals surface area contributed by atoms with Crippen LogP contribution in [0.15, 0.2) is 58.6 Å². The Morgan fingerprint density at radius 1 is 1.10 bits per heavy atom. The quantitative estimate of drug-likeness (QED) is 0.739. The fourth-order valence-corrected chi connectivity index (χ4v) is 2.71. The molecule has 5 heteroatoms. The SMILES string of the molecule is CNc1ncc(F)c(Sc2ccc3ccccc3c2)n1. The number of nitrogens with zero attached hydrogens (tertiary/aromatic N) is 2. The summed E-state index contributed by atoms with van der Waals surface area (Å²) in [5, 5.41) is 5.42. The molecule has 0 aliphatic carbocycles. The molecule has 1 N–H and O–H groups in total. The van der Waals surface area contributed by atoms with E-state index in [9.17, 15) is 4.39 Å². The van der Waals surface area contributed by atoms with E-state index < -0.39 is 5.82 Å². The van der Waals surface area contributed by atoms with E-state index in [-0.39, 0.29) is 0 Å². The van der Waals surface area contributed by atoms with E-state index in [4.69, 9.17) is 0 Å². The Hall–Kier alpha value is -2.14. The molecular weight excluding hydrogens is 273 g/mol. The molecule has 100 valence electrons. The average molecular weight is 285 g/mol. The van der Waals surface area contributed by atoms with Crippen LogP contribution in [0.2, 0.25) is 0 Å². The minimum absolute atomic E-state index is 0.319. The lowest BCUT2D eigenvalue weighted by Crippen LogP contribution is -1.98. The van der Waals surface area contributed by atoms with Crippen molar-refractivity contribution in [3.8, 4) is 0 Å². The van der Waals surface area contributed by atoms with Gasteiger partial charge in [0.05, 0.1) is 6.20 Å². The van der Waals surface area contributed by atoms with E-state index >= 15 is 0 Å². The van der Waals surface area contributed by atoms with Crippen molar-refractivity contribution in [1.29, 1.82) is 0 Å². The summed E-state index contributed by atoms with van der Waals surface area (Å²) in [6.45, 7) is 0. The molecule has 3 aromatic rings. The van der Waals surface area contributed by atoms with Crippen LogP contribution >= 0.6 is 11.8 Å². The second-order valence-corrected chi connectivity index (χ2v) is 5.27. The molecule has 1 heterocycles. The molecule has 0 bridgehead atoms. The van der Waals surface area contributed by atoms with E-state index in [1.54, 1.807) is 7.05 Å². The number of benzene rings is 2. The van der Waals surface area contributed by atoms with Crippen LogP contribution in [0.4, 0.5) is 10.3 Å². The molecule has 0 radical (unpaired) electrons. The van der Waals surface area contributed by atoms with Gasteiger partial charge < -0.3 is 5.32 Å².